The lowest BCUT2D eigenvalue weighted by atomic mass is 9.50. The minimum absolute atomic E-state index is 0.0146. The highest BCUT2D eigenvalue weighted by Gasteiger charge is 2.58. The number of hydrogen-bond acceptors (Lipinski definition) is 13. The Morgan fingerprint density at radius 2 is 1.64 bits per heavy atom. The number of carbonyl (C=O) groups is 2. The van der Waals surface area contributed by atoms with Crippen LogP contribution in [0, 0.1) is 5.92 Å². The molecule has 28 heteroatoms. The molecule has 0 saturated heterocycles. The van der Waals surface area contributed by atoms with Gasteiger partial charge in [-0.05, 0) is 64.7 Å². The standard InChI is InChI=1S/C42H44F8N14O6/c1-19(2)52-38(65)68-28-4-3-24(35(28)44)27-11-33(57-36-51-6-5-31-56-34(17-63(31)36)70-42(48,49)50)64(61-27)16-22-9-32-53-23(18-67-41(45,46)47)15-62(32)37(54-22)55-30-10-26(59-60-30)21-7-25(43)29(8-21)69-39(66)58-40-12-20(13-40)14-40/h5-6,9-11,15,17,19-21,24-25,28-29,35H,3-4,7-8,12-14,16,18H2,1-2H3,(H5,51,52,53,54,55,56,57,58,59,60,61,65,66)/p+1/t20?,21-,24-,25+,28-,29-,35-,40?/m0/s1. The number of rotatable bonds is 15. The van der Waals surface area contributed by atoms with Crippen molar-refractivity contribution in [1.82, 2.24) is 54.7 Å². The molecule has 2 amide bonds. The second-order valence-electron chi connectivity index (χ2n) is 18.4. The average Bonchev–Trinajstić information content (AvgIpc) is 4.10. The number of halogens is 8. The van der Waals surface area contributed by atoms with E-state index in [4.69, 9.17) is 14.5 Å². The summed E-state index contributed by atoms with van der Waals surface area (Å²) in [6, 6.07) is 5.71. The Labute approximate surface area is 390 Å². The number of nitrogens with one attached hydrogen (secondary N) is 6. The molecule has 2 bridgehead atoms. The van der Waals surface area contributed by atoms with Crippen molar-refractivity contribution in [1.29, 1.82) is 0 Å². The van der Waals surface area contributed by atoms with Crippen LogP contribution in [0.4, 0.5) is 68.2 Å². The van der Waals surface area contributed by atoms with Gasteiger partial charge in [-0.25, -0.2) is 48.1 Å². The number of nitrogens with zero attached hydrogens (tertiary/aromatic N) is 8. The molecule has 0 unspecified atom stereocenters. The predicted octanol–water partition coefficient (Wildman–Crippen LogP) is 7.16. The Hall–Kier alpha value is -7.00. The molecule has 0 spiro atoms. The number of ether oxygens (including phenoxy) is 4. The number of carbonyl (C=O) groups excluding carboxylic acids is 2. The highest BCUT2D eigenvalue weighted by Crippen LogP contribution is 2.57. The summed E-state index contributed by atoms with van der Waals surface area (Å²) in [4.78, 5) is 42.3. The molecule has 5 saturated carbocycles. The van der Waals surface area contributed by atoms with E-state index < -0.39 is 73.8 Å². The third-order valence-electron chi connectivity index (χ3n) is 12.9. The summed E-state index contributed by atoms with van der Waals surface area (Å²) < 4.78 is 133. The van der Waals surface area contributed by atoms with Crippen molar-refractivity contribution in [2.75, 3.05) is 10.6 Å². The summed E-state index contributed by atoms with van der Waals surface area (Å²) >= 11 is 0. The number of amides is 2. The van der Waals surface area contributed by atoms with Gasteiger partial charge in [0.15, 0.2) is 12.4 Å². The molecule has 20 nitrogen and oxygen atoms in total. The van der Waals surface area contributed by atoms with E-state index in [0.717, 1.165) is 25.5 Å². The number of fused-ring (bicyclic) bond motifs is 2. The van der Waals surface area contributed by atoms with Crippen LogP contribution in [0.3, 0.4) is 0 Å². The molecular formula is C42H45F8N14O6+. The maximum atomic E-state index is 16.2. The third-order valence-corrected chi connectivity index (χ3v) is 12.9. The second kappa shape index (κ2) is 17.8. The zero-order valence-corrected chi connectivity index (χ0v) is 37.1. The maximum absolute atomic E-state index is 16.2. The molecule has 6 atom stereocenters. The highest BCUT2D eigenvalue weighted by atomic mass is 19.4. The van der Waals surface area contributed by atoms with Crippen molar-refractivity contribution >= 4 is 47.0 Å². The summed E-state index contributed by atoms with van der Waals surface area (Å²) in [7, 11) is 0. The normalized spacial score (nSPS) is 25.2. The molecule has 5 fully saturated rings. The molecule has 5 aliphatic rings. The van der Waals surface area contributed by atoms with E-state index in [1.807, 2.05) is 0 Å². The van der Waals surface area contributed by atoms with Crippen LogP contribution >= 0.6 is 0 Å². The highest BCUT2D eigenvalue weighted by molar-refractivity contribution is 5.69. The minimum atomic E-state index is -5.04. The number of aromatic nitrogens is 10. The Bertz CT molecular complexity index is 2900. The quantitative estimate of drug-likeness (QED) is 0.0444. The van der Waals surface area contributed by atoms with E-state index in [1.54, 1.807) is 26.0 Å². The van der Waals surface area contributed by atoms with Gasteiger partial charge in [-0.1, -0.05) is 0 Å². The van der Waals surface area contributed by atoms with Gasteiger partial charge in [0, 0.05) is 59.7 Å². The third kappa shape index (κ3) is 10.0. The van der Waals surface area contributed by atoms with Crippen LogP contribution in [0.15, 0.2) is 42.9 Å². The zero-order chi connectivity index (χ0) is 49.3. The molecule has 5 aliphatic carbocycles. The van der Waals surface area contributed by atoms with Crippen LogP contribution in [0.1, 0.15) is 93.4 Å². The molecule has 0 aromatic carbocycles. The van der Waals surface area contributed by atoms with Gasteiger partial charge < -0.3 is 30.2 Å². The van der Waals surface area contributed by atoms with E-state index in [1.165, 1.54) is 38.0 Å². The van der Waals surface area contributed by atoms with Crippen molar-refractivity contribution in [2.24, 2.45) is 5.92 Å². The monoisotopic (exact) mass is 993 g/mol. The molecule has 11 rings (SSSR count). The van der Waals surface area contributed by atoms with Gasteiger partial charge in [-0.15, -0.1) is 26.3 Å². The zero-order valence-electron chi connectivity index (χ0n) is 37.1. The number of aromatic amines is 2. The molecule has 0 aliphatic heterocycles. The van der Waals surface area contributed by atoms with E-state index in [0.29, 0.717) is 17.3 Å². The van der Waals surface area contributed by atoms with Gasteiger partial charge in [-0.3, -0.25) is 14.2 Å². The predicted molar refractivity (Wildman–Crippen MR) is 225 cm³/mol. The average molecular weight is 994 g/mol. The van der Waals surface area contributed by atoms with Crippen LogP contribution in [0.2, 0.25) is 0 Å². The lowest BCUT2D eigenvalue weighted by Crippen LogP contribution is -2.68. The molecule has 0 radical (unpaired) electrons. The SMILES string of the molecule is CC(C)NC(=O)O[C@H]1CC[C@@H](c2cc(Nc3nccc4nc(OC(F)(F)F)cn34)[n+](Cc3cc4nc(COC(F)(F)F)cn4c(Nc4cc([C@H]5C[C@@H](F)[C@@H](OC(=O)NC67CC(C6)C7)C5)[nH]n4)n3)[nH]2)[C@@H]1F. The molecule has 374 valence electrons. The molecule has 6 aromatic rings. The Morgan fingerprint density at radius 3 is 2.37 bits per heavy atom. The number of anilines is 4. The number of hydrogen-bond donors (Lipinski definition) is 6. The van der Waals surface area contributed by atoms with Crippen molar-refractivity contribution in [2.45, 2.75) is 133 Å². The number of alkyl halides is 8. The summed E-state index contributed by atoms with van der Waals surface area (Å²) in [5, 5.41) is 21.9. The van der Waals surface area contributed by atoms with E-state index in [9.17, 15) is 35.9 Å². The lowest BCUT2D eigenvalue weighted by molar-refractivity contribution is -0.730. The van der Waals surface area contributed by atoms with Crippen molar-refractivity contribution in [3.05, 3.63) is 65.6 Å². The van der Waals surface area contributed by atoms with Crippen molar-refractivity contribution in [3.8, 4) is 5.88 Å². The fraction of sp³-hybridized carbons (Fsp3) is 0.524. The fourth-order valence-electron chi connectivity index (χ4n) is 9.65. The van der Waals surface area contributed by atoms with Crippen LogP contribution in [-0.2, 0) is 27.4 Å². The number of H-pyrrole nitrogens is 2. The van der Waals surface area contributed by atoms with Crippen LogP contribution < -0.4 is 30.7 Å². The van der Waals surface area contributed by atoms with Crippen LogP contribution in [0.5, 0.6) is 5.88 Å². The Balaban J connectivity index is 0.941. The van der Waals surface area contributed by atoms with Crippen molar-refractivity contribution < 1.29 is 68.3 Å². The molecule has 6 N–H and O–H groups in total. The van der Waals surface area contributed by atoms with Gasteiger partial charge >= 0.3 is 36.7 Å². The molecule has 6 heterocycles. The Morgan fingerprint density at radius 1 is 0.871 bits per heavy atom. The summed E-state index contributed by atoms with van der Waals surface area (Å²) in [6.07, 6.45) is -9.74. The first-order chi connectivity index (χ1) is 33.2. The van der Waals surface area contributed by atoms with Gasteiger partial charge in [0.1, 0.15) is 35.8 Å². The maximum Gasteiger partial charge on any atom is 0.574 e. The number of imidazole rings is 2. The van der Waals surface area contributed by atoms with Crippen LogP contribution in [-0.4, -0.2) is 105 Å². The number of alkyl carbamates (subject to hydrolysis) is 2. The van der Waals surface area contributed by atoms with E-state index in [-0.39, 0.29) is 90.0 Å². The van der Waals surface area contributed by atoms with Gasteiger partial charge in [0.05, 0.1) is 36.0 Å². The lowest BCUT2D eigenvalue weighted by Gasteiger charge is -2.61. The van der Waals surface area contributed by atoms with Crippen molar-refractivity contribution in [3.63, 3.8) is 0 Å². The van der Waals surface area contributed by atoms with Crippen LogP contribution in [0.25, 0.3) is 11.3 Å². The summed E-state index contributed by atoms with van der Waals surface area (Å²) in [5.74, 6) is -1.04. The summed E-state index contributed by atoms with van der Waals surface area (Å²) in [6.45, 7) is 2.32. The topological polar surface area (TPSA) is 228 Å². The van der Waals surface area contributed by atoms with E-state index in [2.05, 4.69) is 61.0 Å². The molecule has 70 heavy (non-hydrogen) atoms. The minimum Gasteiger partial charge on any atom is -0.443 e. The molecular weight excluding hydrogens is 949 g/mol. The first kappa shape index (κ1) is 46.7. The van der Waals surface area contributed by atoms with Gasteiger partial charge in [0.25, 0.3) is 0 Å². The largest absolute Gasteiger partial charge is 0.574 e. The Kier molecular flexibility index (Phi) is 11.8. The van der Waals surface area contributed by atoms with E-state index >= 15 is 8.78 Å². The first-order valence-electron chi connectivity index (χ1n) is 22.3. The van der Waals surface area contributed by atoms with Gasteiger partial charge in [-0.2, -0.15) is 14.8 Å². The smallest absolute Gasteiger partial charge is 0.443 e. The first-order valence-corrected chi connectivity index (χ1v) is 22.3. The molecule has 6 aromatic heterocycles. The fourth-order valence-corrected chi connectivity index (χ4v) is 9.65. The van der Waals surface area contributed by atoms with Gasteiger partial charge in [0.2, 0.25) is 11.8 Å². The summed E-state index contributed by atoms with van der Waals surface area (Å²) in [5.41, 5.74) is 0.844. The second-order valence-corrected chi connectivity index (χ2v) is 18.4.